The van der Waals surface area contributed by atoms with Gasteiger partial charge in [0.2, 0.25) is 0 Å². The largest absolute Gasteiger partial charge is 0.396 e. The molecule has 0 atom stereocenters. The quantitative estimate of drug-likeness (QED) is 0.666. The molecule has 1 aromatic rings. The predicted octanol–water partition coefficient (Wildman–Crippen LogP) is 0.884. The Bertz CT molecular complexity index is 353. The number of rotatable bonds is 3. The molecule has 4 nitrogen and oxygen atoms in total. The smallest absolute Gasteiger partial charge is 0.268 e. The molecule has 0 aliphatic rings. The number of aryl methyl sites for hydroxylation is 1. The monoisotopic (exact) mass is 314 g/mol. The third-order valence-electron chi connectivity index (χ3n) is 1.50. The van der Waals surface area contributed by atoms with Crippen molar-refractivity contribution in [2.45, 2.75) is 13.0 Å². The summed E-state index contributed by atoms with van der Waals surface area (Å²) in [4.78, 5) is 15.3. The van der Waals surface area contributed by atoms with Crippen molar-refractivity contribution >= 4 is 34.2 Å². The Morgan fingerprint density at radius 2 is 2.38 bits per heavy atom. The molecule has 72 valence electrons. The van der Waals surface area contributed by atoms with Gasteiger partial charge in [-0.1, -0.05) is 11.6 Å². The summed E-state index contributed by atoms with van der Waals surface area (Å²) in [5, 5.41) is 8.81. The zero-order chi connectivity index (χ0) is 9.84. The van der Waals surface area contributed by atoms with Crippen LogP contribution in [0.5, 0.6) is 0 Å². The summed E-state index contributed by atoms with van der Waals surface area (Å²) in [5.74, 6) is 0. The van der Waals surface area contributed by atoms with E-state index in [0.29, 0.717) is 16.5 Å². The van der Waals surface area contributed by atoms with Gasteiger partial charge in [0, 0.05) is 13.2 Å². The zero-order valence-electron chi connectivity index (χ0n) is 6.70. The first kappa shape index (κ1) is 10.9. The first-order valence-corrected chi connectivity index (χ1v) is 5.13. The number of aromatic nitrogens is 2. The molecule has 0 aliphatic carbocycles. The van der Waals surface area contributed by atoms with Crippen molar-refractivity contribution in [3.63, 3.8) is 0 Å². The lowest BCUT2D eigenvalue weighted by atomic mass is 10.4. The van der Waals surface area contributed by atoms with E-state index in [-0.39, 0.29) is 17.3 Å². The molecule has 0 saturated carbocycles. The first-order chi connectivity index (χ1) is 6.16. The third-order valence-corrected chi connectivity index (χ3v) is 3.08. The van der Waals surface area contributed by atoms with Crippen molar-refractivity contribution in [1.82, 2.24) is 9.55 Å². The highest BCUT2D eigenvalue weighted by Crippen LogP contribution is 2.09. The average Bonchev–Trinajstić information content (AvgIpc) is 2.13. The lowest BCUT2D eigenvalue weighted by Gasteiger charge is -2.03. The Hall–Kier alpha value is -0.140. The summed E-state index contributed by atoms with van der Waals surface area (Å²) in [6.07, 6.45) is 1.93. The number of hydrogen-bond acceptors (Lipinski definition) is 3. The average molecular weight is 315 g/mol. The van der Waals surface area contributed by atoms with E-state index < -0.39 is 0 Å². The standard InChI is InChI=1S/C7H8ClIN2O2/c8-6-5(9)7(13)11(4-10-6)2-1-3-12/h4,12H,1-3H2. The Morgan fingerprint density at radius 1 is 1.69 bits per heavy atom. The van der Waals surface area contributed by atoms with Crippen LogP contribution in [0.15, 0.2) is 11.1 Å². The van der Waals surface area contributed by atoms with E-state index in [1.165, 1.54) is 10.9 Å². The van der Waals surface area contributed by atoms with Crippen LogP contribution in [0.25, 0.3) is 0 Å². The van der Waals surface area contributed by atoms with Crippen molar-refractivity contribution in [3.8, 4) is 0 Å². The van der Waals surface area contributed by atoms with Crippen LogP contribution in [0.1, 0.15) is 6.42 Å². The molecule has 0 radical (unpaired) electrons. The van der Waals surface area contributed by atoms with E-state index in [1.807, 2.05) is 22.6 Å². The lowest BCUT2D eigenvalue weighted by Crippen LogP contribution is -2.23. The number of aliphatic hydroxyl groups is 1. The van der Waals surface area contributed by atoms with Crippen LogP contribution in [0.2, 0.25) is 5.15 Å². The number of hydrogen-bond donors (Lipinski definition) is 1. The van der Waals surface area contributed by atoms with Crippen LogP contribution in [0.4, 0.5) is 0 Å². The van der Waals surface area contributed by atoms with E-state index in [4.69, 9.17) is 16.7 Å². The molecule has 1 N–H and O–H groups in total. The molecule has 0 aliphatic heterocycles. The topological polar surface area (TPSA) is 55.1 Å². The van der Waals surface area contributed by atoms with Gasteiger partial charge in [0.25, 0.3) is 5.56 Å². The molecule has 6 heteroatoms. The maximum Gasteiger partial charge on any atom is 0.268 e. The minimum atomic E-state index is -0.158. The summed E-state index contributed by atoms with van der Waals surface area (Å²) in [5.41, 5.74) is -0.158. The maximum absolute atomic E-state index is 11.4. The Kier molecular flexibility index (Phi) is 4.14. The minimum absolute atomic E-state index is 0.0612. The highest BCUT2D eigenvalue weighted by atomic mass is 127. The molecule has 1 aromatic heterocycles. The fraction of sp³-hybridized carbons (Fsp3) is 0.429. The molecule has 13 heavy (non-hydrogen) atoms. The third kappa shape index (κ3) is 2.65. The molecule has 0 aromatic carbocycles. The van der Waals surface area contributed by atoms with Gasteiger partial charge in [-0.25, -0.2) is 4.98 Å². The van der Waals surface area contributed by atoms with Gasteiger partial charge in [-0.2, -0.15) is 0 Å². The second kappa shape index (κ2) is 4.92. The van der Waals surface area contributed by atoms with Crippen molar-refractivity contribution in [1.29, 1.82) is 0 Å². The Labute approximate surface area is 93.7 Å². The van der Waals surface area contributed by atoms with E-state index in [2.05, 4.69) is 4.98 Å². The number of aliphatic hydroxyl groups excluding tert-OH is 1. The summed E-state index contributed by atoms with van der Waals surface area (Å²) < 4.78 is 1.85. The van der Waals surface area contributed by atoms with Gasteiger partial charge in [-0.15, -0.1) is 0 Å². The van der Waals surface area contributed by atoms with Gasteiger partial charge in [0.05, 0.1) is 6.33 Å². The van der Waals surface area contributed by atoms with Crippen molar-refractivity contribution in [2.24, 2.45) is 0 Å². The molecule has 0 fully saturated rings. The molecule has 0 unspecified atom stereocenters. The Morgan fingerprint density at radius 3 is 3.00 bits per heavy atom. The first-order valence-electron chi connectivity index (χ1n) is 3.68. The lowest BCUT2D eigenvalue weighted by molar-refractivity contribution is 0.278. The predicted molar refractivity (Wildman–Crippen MR) is 57.9 cm³/mol. The van der Waals surface area contributed by atoms with Crippen LogP contribution < -0.4 is 5.56 Å². The molecule has 0 saturated heterocycles. The molecule has 0 amide bonds. The van der Waals surface area contributed by atoms with Gasteiger partial charge in [-0.3, -0.25) is 9.36 Å². The van der Waals surface area contributed by atoms with Gasteiger partial charge in [0.15, 0.2) is 0 Å². The highest BCUT2D eigenvalue weighted by molar-refractivity contribution is 14.1. The number of nitrogens with zero attached hydrogens (tertiary/aromatic N) is 2. The number of halogens is 2. The summed E-state index contributed by atoms with van der Waals surface area (Å²) in [6, 6.07) is 0. The van der Waals surface area contributed by atoms with Crippen LogP contribution in [0, 0.1) is 3.57 Å². The second-order valence-corrected chi connectivity index (χ2v) is 3.86. The maximum atomic E-state index is 11.4. The molecule has 1 heterocycles. The van der Waals surface area contributed by atoms with Crippen LogP contribution >= 0.6 is 34.2 Å². The zero-order valence-corrected chi connectivity index (χ0v) is 9.62. The minimum Gasteiger partial charge on any atom is -0.396 e. The molecular formula is C7H8ClIN2O2. The van der Waals surface area contributed by atoms with E-state index in [9.17, 15) is 4.79 Å². The molecule has 1 rings (SSSR count). The van der Waals surface area contributed by atoms with E-state index in [1.54, 1.807) is 0 Å². The van der Waals surface area contributed by atoms with Crippen molar-refractivity contribution in [2.75, 3.05) is 6.61 Å². The van der Waals surface area contributed by atoms with Crippen LogP contribution in [-0.4, -0.2) is 21.3 Å². The van der Waals surface area contributed by atoms with Gasteiger partial charge in [0.1, 0.15) is 8.72 Å². The van der Waals surface area contributed by atoms with Gasteiger partial charge in [-0.05, 0) is 29.0 Å². The fourth-order valence-corrected chi connectivity index (χ4v) is 1.42. The van der Waals surface area contributed by atoms with Gasteiger partial charge < -0.3 is 5.11 Å². The molecule has 0 spiro atoms. The Balaban J connectivity index is 2.97. The summed E-state index contributed by atoms with van der Waals surface area (Å²) in [6.45, 7) is 0.529. The van der Waals surface area contributed by atoms with Crippen LogP contribution in [0.3, 0.4) is 0 Å². The normalized spacial score (nSPS) is 10.4. The molecule has 0 bridgehead atoms. The highest BCUT2D eigenvalue weighted by Gasteiger charge is 2.05. The van der Waals surface area contributed by atoms with E-state index >= 15 is 0 Å². The van der Waals surface area contributed by atoms with E-state index in [0.717, 1.165) is 0 Å². The van der Waals surface area contributed by atoms with Crippen LogP contribution in [-0.2, 0) is 6.54 Å². The van der Waals surface area contributed by atoms with Crippen molar-refractivity contribution < 1.29 is 5.11 Å². The fourth-order valence-electron chi connectivity index (χ4n) is 0.844. The molecular weight excluding hydrogens is 306 g/mol. The summed E-state index contributed by atoms with van der Waals surface area (Å²) in [7, 11) is 0. The SMILES string of the molecule is O=c1c(I)c(Cl)ncn1CCCO. The van der Waals surface area contributed by atoms with Crippen molar-refractivity contribution in [3.05, 3.63) is 25.4 Å². The summed E-state index contributed by atoms with van der Waals surface area (Å²) >= 11 is 7.49. The second-order valence-electron chi connectivity index (χ2n) is 2.43. The van der Waals surface area contributed by atoms with Gasteiger partial charge >= 0.3 is 0 Å².